The predicted molar refractivity (Wildman–Crippen MR) is 29.8 cm³/mol. The third kappa shape index (κ3) is 2.41. The van der Waals surface area contributed by atoms with Crippen LogP contribution < -0.4 is 11.2 Å². The Hall–Kier alpha value is -0.650. The third-order valence-electron chi connectivity index (χ3n) is 0.877. The summed E-state index contributed by atoms with van der Waals surface area (Å²) in [6.07, 6.45) is 0. The SMILES string of the molecule is COC(=O)[C@@H](CN)NO. The van der Waals surface area contributed by atoms with Gasteiger partial charge in [0, 0.05) is 6.54 Å². The highest BCUT2D eigenvalue weighted by atomic mass is 16.5. The van der Waals surface area contributed by atoms with Crippen molar-refractivity contribution in [1.82, 2.24) is 5.48 Å². The molecule has 5 heteroatoms. The molecule has 0 saturated heterocycles. The number of carbonyl (C=O) groups is 1. The molecule has 4 N–H and O–H groups in total. The van der Waals surface area contributed by atoms with E-state index in [1.54, 1.807) is 5.48 Å². The van der Waals surface area contributed by atoms with E-state index in [1.165, 1.54) is 7.11 Å². The molecule has 0 aromatic carbocycles. The molecular formula is C4H10N2O3. The lowest BCUT2D eigenvalue weighted by Gasteiger charge is -2.07. The number of esters is 1. The smallest absolute Gasteiger partial charge is 0.326 e. The number of carbonyl (C=O) groups excluding carboxylic acids is 1. The van der Waals surface area contributed by atoms with Gasteiger partial charge < -0.3 is 15.7 Å². The number of hydroxylamine groups is 1. The molecule has 0 aromatic heterocycles. The lowest BCUT2D eigenvalue weighted by molar-refractivity contribution is -0.145. The normalized spacial score (nSPS) is 12.8. The summed E-state index contributed by atoms with van der Waals surface area (Å²) in [4.78, 5) is 10.4. The fourth-order valence-electron chi connectivity index (χ4n) is 0.344. The zero-order valence-corrected chi connectivity index (χ0v) is 5.13. The van der Waals surface area contributed by atoms with Gasteiger partial charge in [0.1, 0.15) is 6.04 Å². The average Bonchev–Trinajstić information content (AvgIpc) is 1.90. The first-order chi connectivity index (χ1) is 4.26. The summed E-state index contributed by atoms with van der Waals surface area (Å²) in [5.74, 6) is -0.569. The van der Waals surface area contributed by atoms with Crippen LogP contribution in [0, 0.1) is 0 Å². The van der Waals surface area contributed by atoms with Crippen LogP contribution in [0.25, 0.3) is 0 Å². The Balaban J connectivity index is 3.64. The maximum atomic E-state index is 10.4. The number of ether oxygens (including phenoxy) is 1. The van der Waals surface area contributed by atoms with Crippen LogP contribution in [0.5, 0.6) is 0 Å². The Labute approximate surface area is 52.7 Å². The predicted octanol–water partition coefficient (Wildman–Crippen LogP) is -1.53. The topological polar surface area (TPSA) is 84.6 Å². The minimum atomic E-state index is -0.810. The Morgan fingerprint density at radius 3 is 2.67 bits per heavy atom. The zero-order valence-electron chi connectivity index (χ0n) is 5.13. The lowest BCUT2D eigenvalue weighted by atomic mass is 10.3. The van der Waals surface area contributed by atoms with Crippen molar-refractivity contribution in [3.05, 3.63) is 0 Å². The van der Waals surface area contributed by atoms with Gasteiger partial charge in [-0.1, -0.05) is 0 Å². The van der Waals surface area contributed by atoms with Crippen LogP contribution in [-0.4, -0.2) is 30.9 Å². The molecule has 9 heavy (non-hydrogen) atoms. The summed E-state index contributed by atoms with van der Waals surface area (Å²) in [5.41, 5.74) is 6.74. The van der Waals surface area contributed by atoms with E-state index >= 15 is 0 Å². The first-order valence-electron chi connectivity index (χ1n) is 2.43. The molecule has 1 atom stereocenters. The molecule has 0 bridgehead atoms. The molecule has 0 amide bonds. The fraction of sp³-hybridized carbons (Fsp3) is 0.750. The largest absolute Gasteiger partial charge is 0.468 e. The summed E-state index contributed by atoms with van der Waals surface area (Å²) >= 11 is 0. The number of nitrogens with one attached hydrogen (secondary N) is 1. The molecule has 5 nitrogen and oxygen atoms in total. The van der Waals surface area contributed by atoms with Crippen LogP contribution in [-0.2, 0) is 9.53 Å². The van der Waals surface area contributed by atoms with Crippen molar-refractivity contribution in [3.63, 3.8) is 0 Å². The number of methoxy groups -OCH3 is 1. The highest BCUT2D eigenvalue weighted by Crippen LogP contribution is 1.81. The van der Waals surface area contributed by atoms with Crippen molar-refractivity contribution in [2.45, 2.75) is 6.04 Å². The second kappa shape index (κ2) is 4.25. The Morgan fingerprint density at radius 1 is 2.00 bits per heavy atom. The standard InChI is InChI=1S/C4H10N2O3/c1-9-4(7)3(2-5)6-8/h3,6,8H,2,5H2,1H3/t3-/m1/s1. The van der Waals surface area contributed by atoms with Crippen molar-refractivity contribution in [2.24, 2.45) is 5.73 Å². The maximum absolute atomic E-state index is 10.4. The summed E-state index contributed by atoms with van der Waals surface area (Å²) in [7, 11) is 1.22. The Bertz CT molecular complexity index is 91.8. The van der Waals surface area contributed by atoms with Crippen LogP contribution in [0.2, 0.25) is 0 Å². The minimum Gasteiger partial charge on any atom is -0.468 e. The zero-order chi connectivity index (χ0) is 7.28. The molecule has 0 aromatic rings. The first kappa shape index (κ1) is 8.35. The highest BCUT2D eigenvalue weighted by Gasteiger charge is 2.14. The van der Waals surface area contributed by atoms with E-state index in [2.05, 4.69) is 4.74 Å². The van der Waals surface area contributed by atoms with Gasteiger partial charge in [-0.05, 0) is 0 Å². The van der Waals surface area contributed by atoms with Crippen LogP contribution in [0.15, 0.2) is 0 Å². The summed E-state index contributed by atoms with van der Waals surface area (Å²) < 4.78 is 4.25. The fourth-order valence-corrected chi connectivity index (χ4v) is 0.344. The summed E-state index contributed by atoms with van der Waals surface area (Å²) in [5, 5.41) is 8.20. The molecule has 54 valence electrons. The van der Waals surface area contributed by atoms with Crippen LogP contribution in [0.4, 0.5) is 0 Å². The van der Waals surface area contributed by atoms with Gasteiger partial charge in [0.15, 0.2) is 0 Å². The minimum absolute atomic E-state index is 0.0170. The Kier molecular flexibility index (Phi) is 3.94. The quantitative estimate of drug-likeness (QED) is 0.322. The molecule has 0 fully saturated rings. The van der Waals surface area contributed by atoms with E-state index in [-0.39, 0.29) is 6.54 Å². The molecule has 0 aliphatic heterocycles. The van der Waals surface area contributed by atoms with Gasteiger partial charge in [0.25, 0.3) is 0 Å². The number of nitrogens with two attached hydrogens (primary N) is 1. The molecule has 0 saturated carbocycles. The average molecular weight is 134 g/mol. The molecule has 0 radical (unpaired) electrons. The van der Waals surface area contributed by atoms with Crippen molar-refractivity contribution in [1.29, 1.82) is 0 Å². The molecule has 0 unspecified atom stereocenters. The van der Waals surface area contributed by atoms with Gasteiger partial charge in [0.05, 0.1) is 7.11 Å². The highest BCUT2D eigenvalue weighted by molar-refractivity contribution is 5.75. The van der Waals surface area contributed by atoms with Crippen LogP contribution >= 0.6 is 0 Å². The molecule has 0 aliphatic rings. The van der Waals surface area contributed by atoms with Gasteiger partial charge in [-0.3, -0.25) is 4.79 Å². The van der Waals surface area contributed by atoms with E-state index in [1.807, 2.05) is 0 Å². The van der Waals surface area contributed by atoms with E-state index in [0.29, 0.717) is 0 Å². The molecule has 0 heterocycles. The molecular weight excluding hydrogens is 124 g/mol. The first-order valence-corrected chi connectivity index (χ1v) is 2.43. The van der Waals surface area contributed by atoms with Gasteiger partial charge in [0.2, 0.25) is 0 Å². The number of hydrogen-bond donors (Lipinski definition) is 3. The second-order valence-corrected chi connectivity index (χ2v) is 1.44. The van der Waals surface area contributed by atoms with E-state index < -0.39 is 12.0 Å². The van der Waals surface area contributed by atoms with E-state index in [4.69, 9.17) is 10.9 Å². The maximum Gasteiger partial charge on any atom is 0.326 e. The number of hydrogen-bond acceptors (Lipinski definition) is 5. The Morgan fingerprint density at radius 2 is 2.56 bits per heavy atom. The van der Waals surface area contributed by atoms with Gasteiger partial charge >= 0.3 is 5.97 Å². The van der Waals surface area contributed by atoms with Gasteiger partial charge in [-0.2, -0.15) is 5.48 Å². The van der Waals surface area contributed by atoms with Crippen molar-refractivity contribution < 1.29 is 14.7 Å². The monoisotopic (exact) mass is 134 g/mol. The van der Waals surface area contributed by atoms with Crippen molar-refractivity contribution in [3.8, 4) is 0 Å². The third-order valence-corrected chi connectivity index (χ3v) is 0.877. The molecule has 0 rings (SSSR count). The molecule has 0 aliphatic carbocycles. The van der Waals surface area contributed by atoms with Gasteiger partial charge in [-0.25, -0.2) is 0 Å². The second-order valence-electron chi connectivity index (χ2n) is 1.44. The van der Waals surface area contributed by atoms with Crippen molar-refractivity contribution >= 4 is 5.97 Å². The lowest BCUT2D eigenvalue weighted by Crippen LogP contribution is -2.41. The van der Waals surface area contributed by atoms with Crippen LogP contribution in [0.3, 0.4) is 0 Å². The molecule has 0 spiro atoms. The van der Waals surface area contributed by atoms with E-state index in [9.17, 15) is 4.79 Å². The van der Waals surface area contributed by atoms with Gasteiger partial charge in [-0.15, -0.1) is 0 Å². The number of rotatable bonds is 3. The van der Waals surface area contributed by atoms with Crippen molar-refractivity contribution in [2.75, 3.05) is 13.7 Å². The summed E-state index contributed by atoms with van der Waals surface area (Å²) in [6.45, 7) is 0.0170. The van der Waals surface area contributed by atoms with E-state index in [0.717, 1.165) is 0 Å². The summed E-state index contributed by atoms with van der Waals surface area (Å²) in [6, 6.07) is -0.810. The van der Waals surface area contributed by atoms with Crippen LogP contribution in [0.1, 0.15) is 0 Å².